The highest BCUT2D eigenvalue weighted by molar-refractivity contribution is 6.08. The molecule has 56 heavy (non-hydrogen) atoms. The Hall–Kier alpha value is -6.15. The standard InChI is InChI=1S/C48H47N3O5/c1-47(2)31-40-39(44(53)51(40)43(47)45(54)56-42(34-17-10-6-11-18-34)35-19-12-7-13-20-35)30-38-29-36(26-28-49-38)41(52)21-14-27-50-46(55)48(3,4)37-24-22-33(23-25-37)32-15-8-5-9-16-32/h5-13,15-20,22-26,28-30,40,42-43H,14,21,27,31H2,1-4H3,(H,50,55)/b39-30+/t40?,43-/m0/s1. The van der Waals surface area contributed by atoms with Crippen LogP contribution in [0.4, 0.5) is 0 Å². The van der Waals surface area contributed by atoms with E-state index in [1.807, 2.05) is 131 Å². The molecule has 1 N–H and O–H groups in total. The molecule has 8 heteroatoms. The van der Waals surface area contributed by atoms with Gasteiger partial charge in [0.25, 0.3) is 5.91 Å². The molecule has 3 heterocycles. The zero-order valence-electron chi connectivity index (χ0n) is 32.3. The van der Waals surface area contributed by atoms with Crippen LogP contribution in [0.2, 0.25) is 0 Å². The monoisotopic (exact) mass is 745 g/mol. The maximum Gasteiger partial charge on any atom is 0.330 e. The Morgan fingerprint density at radius 1 is 0.857 bits per heavy atom. The van der Waals surface area contributed by atoms with E-state index >= 15 is 0 Å². The fraction of sp³-hybridized carbons (Fsp3) is 0.271. The number of aromatic nitrogens is 1. The van der Waals surface area contributed by atoms with Crippen LogP contribution in [0.25, 0.3) is 17.2 Å². The molecule has 2 aliphatic rings. The van der Waals surface area contributed by atoms with Gasteiger partial charge in [0, 0.05) is 30.3 Å². The summed E-state index contributed by atoms with van der Waals surface area (Å²) in [7, 11) is 0. The van der Waals surface area contributed by atoms with Crippen LogP contribution in [0.15, 0.2) is 139 Å². The molecule has 284 valence electrons. The predicted molar refractivity (Wildman–Crippen MR) is 217 cm³/mol. The Kier molecular flexibility index (Phi) is 10.8. The van der Waals surface area contributed by atoms with Gasteiger partial charge in [0.2, 0.25) is 5.91 Å². The third kappa shape index (κ3) is 7.83. The van der Waals surface area contributed by atoms with Gasteiger partial charge < -0.3 is 15.0 Å². The maximum atomic E-state index is 13.9. The van der Waals surface area contributed by atoms with E-state index in [1.165, 1.54) is 0 Å². The zero-order chi connectivity index (χ0) is 39.5. The van der Waals surface area contributed by atoms with Gasteiger partial charge in [0.15, 0.2) is 11.9 Å². The number of carbonyl (C=O) groups excluding carboxylic acids is 4. The molecule has 2 saturated heterocycles. The molecule has 2 amide bonds. The Bertz CT molecular complexity index is 2210. The average molecular weight is 746 g/mol. The minimum atomic E-state index is -0.751. The molecule has 1 unspecified atom stereocenters. The second-order valence-corrected chi connectivity index (χ2v) is 15.9. The maximum absolute atomic E-state index is 13.9. The topological polar surface area (TPSA) is 106 Å². The molecule has 5 aromatic rings. The summed E-state index contributed by atoms with van der Waals surface area (Å²) >= 11 is 0. The second kappa shape index (κ2) is 15.9. The third-order valence-corrected chi connectivity index (χ3v) is 11.1. The minimum Gasteiger partial charge on any atom is -0.451 e. The van der Waals surface area contributed by atoms with E-state index in [0.717, 1.165) is 27.8 Å². The van der Waals surface area contributed by atoms with Crippen molar-refractivity contribution in [2.45, 2.75) is 70.6 Å². The first kappa shape index (κ1) is 38.1. The summed E-state index contributed by atoms with van der Waals surface area (Å²) in [5, 5.41) is 3.01. The van der Waals surface area contributed by atoms with Gasteiger partial charge >= 0.3 is 5.97 Å². The number of fused-ring (bicyclic) bond motifs is 1. The van der Waals surface area contributed by atoms with Gasteiger partial charge in [-0.2, -0.15) is 0 Å². The first-order valence-electron chi connectivity index (χ1n) is 19.2. The fourth-order valence-electron chi connectivity index (χ4n) is 7.88. The lowest BCUT2D eigenvalue weighted by Gasteiger charge is -2.41. The molecule has 4 aromatic carbocycles. The lowest BCUT2D eigenvalue weighted by molar-refractivity contribution is -0.162. The molecule has 0 aliphatic carbocycles. The molecule has 1 aromatic heterocycles. The zero-order valence-corrected chi connectivity index (χ0v) is 32.3. The molecule has 7 rings (SSSR count). The number of nitrogens with one attached hydrogen (secondary N) is 1. The first-order chi connectivity index (χ1) is 26.9. The number of nitrogens with zero attached hydrogens (tertiary/aromatic N) is 2. The van der Waals surface area contributed by atoms with Crippen LogP contribution >= 0.6 is 0 Å². The van der Waals surface area contributed by atoms with Gasteiger partial charge in [0.05, 0.1) is 17.2 Å². The van der Waals surface area contributed by atoms with Gasteiger partial charge in [-0.3, -0.25) is 19.4 Å². The van der Waals surface area contributed by atoms with Crippen LogP contribution in [0.1, 0.15) is 85.8 Å². The Morgan fingerprint density at radius 2 is 1.45 bits per heavy atom. The number of β-lactam (4-membered cyclic amide) rings is 1. The van der Waals surface area contributed by atoms with Crippen LogP contribution in [-0.2, 0) is 24.5 Å². The summed E-state index contributed by atoms with van der Waals surface area (Å²) in [4.78, 5) is 60.2. The van der Waals surface area contributed by atoms with Crippen molar-refractivity contribution >= 4 is 29.6 Å². The number of benzene rings is 4. The van der Waals surface area contributed by atoms with E-state index in [0.29, 0.717) is 36.2 Å². The van der Waals surface area contributed by atoms with Crippen molar-refractivity contribution in [1.29, 1.82) is 0 Å². The number of ether oxygens (including phenoxy) is 1. The van der Waals surface area contributed by atoms with Crippen LogP contribution in [0.5, 0.6) is 0 Å². The predicted octanol–water partition coefficient (Wildman–Crippen LogP) is 8.53. The van der Waals surface area contributed by atoms with Crippen molar-refractivity contribution in [1.82, 2.24) is 15.2 Å². The Morgan fingerprint density at radius 3 is 2.07 bits per heavy atom. The number of rotatable bonds is 13. The van der Waals surface area contributed by atoms with Gasteiger partial charge in [-0.25, -0.2) is 4.79 Å². The summed E-state index contributed by atoms with van der Waals surface area (Å²) < 4.78 is 6.22. The average Bonchev–Trinajstić information content (AvgIpc) is 3.48. The number of ketones is 1. The molecule has 0 saturated carbocycles. The number of Topliss-reactive ketones (excluding diaryl/α,β-unsaturated/α-hetero) is 1. The molecule has 0 bridgehead atoms. The van der Waals surface area contributed by atoms with Crippen LogP contribution in [0.3, 0.4) is 0 Å². The third-order valence-electron chi connectivity index (χ3n) is 11.1. The van der Waals surface area contributed by atoms with Crippen LogP contribution in [-0.4, -0.2) is 52.1 Å². The number of hydrogen-bond acceptors (Lipinski definition) is 6. The normalized spacial score (nSPS) is 18.0. The lowest BCUT2D eigenvalue weighted by Crippen LogP contribution is -2.58. The summed E-state index contributed by atoms with van der Waals surface area (Å²) in [5.41, 5.74) is 5.10. The van der Waals surface area contributed by atoms with E-state index in [2.05, 4.69) is 22.4 Å². The molecular formula is C48H47N3O5. The lowest BCUT2D eigenvalue weighted by atomic mass is 9.83. The minimum absolute atomic E-state index is 0.0742. The molecule has 2 fully saturated rings. The first-order valence-corrected chi connectivity index (χ1v) is 19.2. The Balaban J connectivity index is 0.951. The molecule has 0 spiro atoms. The SMILES string of the molecule is CC(C)(C(=O)NCCCC(=O)c1ccnc(/C=C2/C(=O)N3C2CC(C)(C)[C@@H]3C(=O)OC(c2ccccc2)c2ccccc2)c1)c1ccc(-c2ccccc2)cc1. The summed E-state index contributed by atoms with van der Waals surface area (Å²) in [6, 6.07) is 39.7. The van der Waals surface area contributed by atoms with Gasteiger partial charge in [-0.1, -0.05) is 129 Å². The summed E-state index contributed by atoms with van der Waals surface area (Å²) in [5.74, 6) is -0.851. The number of hydrogen-bond donors (Lipinski definition) is 1. The van der Waals surface area contributed by atoms with Crippen molar-refractivity contribution in [3.05, 3.63) is 167 Å². The number of amides is 2. The second-order valence-electron chi connectivity index (χ2n) is 15.9. The van der Waals surface area contributed by atoms with Gasteiger partial charge in [-0.15, -0.1) is 0 Å². The van der Waals surface area contributed by atoms with Crippen LogP contribution < -0.4 is 5.32 Å². The Labute approximate surface area is 328 Å². The number of pyridine rings is 1. The van der Waals surface area contributed by atoms with E-state index in [1.54, 1.807) is 29.3 Å². The van der Waals surface area contributed by atoms with E-state index in [4.69, 9.17) is 4.74 Å². The molecule has 2 atom stereocenters. The van der Waals surface area contributed by atoms with Gasteiger partial charge in [0.1, 0.15) is 6.04 Å². The smallest absolute Gasteiger partial charge is 0.330 e. The molecule has 0 radical (unpaired) electrons. The quantitative estimate of drug-likeness (QED) is 0.0426. The largest absolute Gasteiger partial charge is 0.451 e. The van der Waals surface area contributed by atoms with Crippen LogP contribution in [0, 0.1) is 5.41 Å². The summed E-state index contributed by atoms with van der Waals surface area (Å²) in [6.45, 7) is 8.14. The van der Waals surface area contributed by atoms with E-state index in [-0.39, 0.29) is 30.1 Å². The van der Waals surface area contributed by atoms with E-state index < -0.39 is 28.9 Å². The van der Waals surface area contributed by atoms with Gasteiger partial charge in [-0.05, 0) is 78.1 Å². The highest BCUT2D eigenvalue weighted by atomic mass is 16.5. The fourth-order valence-corrected chi connectivity index (χ4v) is 7.88. The summed E-state index contributed by atoms with van der Waals surface area (Å²) in [6.07, 6.45) is 4.00. The highest BCUT2D eigenvalue weighted by Gasteiger charge is 2.61. The number of carbonyl (C=O) groups is 4. The number of esters is 1. The molecular weight excluding hydrogens is 699 g/mol. The van der Waals surface area contributed by atoms with Crippen molar-refractivity contribution < 1.29 is 23.9 Å². The van der Waals surface area contributed by atoms with E-state index in [9.17, 15) is 19.2 Å². The van der Waals surface area contributed by atoms with Crippen molar-refractivity contribution in [2.24, 2.45) is 5.41 Å². The van der Waals surface area contributed by atoms with Crippen molar-refractivity contribution in [2.75, 3.05) is 6.54 Å². The van der Waals surface area contributed by atoms with Crippen molar-refractivity contribution in [3.63, 3.8) is 0 Å². The molecule has 8 nitrogen and oxygen atoms in total. The van der Waals surface area contributed by atoms with Crippen molar-refractivity contribution in [3.8, 4) is 11.1 Å². The highest BCUT2D eigenvalue weighted by Crippen LogP contribution is 2.50. The molecule has 2 aliphatic heterocycles.